The molecule has 1 aromatic carbocycles. The highest BCUT2D eigenvalue weighted by Gasteiger charge is 2.18. The lowest BCUT2D eigenvalue weighted by molar-refractivity contribution is -0.146. The number of carboxylic acid groups (broad SMARTS) is 1. The molecular formula is C16H24O9. The first kappa shape index (κ1) is 21.1. The van der Waals surface area contributed by atoms with Crippen molar-refractivity contribution < 1.29 is 43.4 Å². The van der Waals surface area contributed by atoms with Crippen molar-refractivity contribution in [1.82, 2.24) is 0 Å². The van der Waals surface area contributed by atoms with Crippen LogP contribution in [0.3, 0.4) is 0 Å². The maximum atomic E-state index is 10.9. The van der Waals surface area contributed by atoms with Crippen LogP contribution < -0.4 is 9.47 Å². The molecule has 1 aromatic rings. The summed E-state index contributed by atoms with van der Waals surface area (Å²) in [6.07, 6.45) is -1.66. The van der Waals surface area contributed by atoms with E-state index in [9.17, 15) is 9.90 Å². The van der Waals surface area contributed by atoms with Crippen LogP contribution in [0.25, 0.3) is 0 Å². The predicted molar refractivity (Wildman–Crippen MR) is 85.7 cm³/mol. The van der Waals surface area contributed by atoms with E-state index in [2.05, 4.69) is 0 Å². The number of aliphatic hydroxyl groups excluding tert-OH is 1. The standard InChI is InChI=1S/C16H24O9/c1-20-5-7-22-10-24-13-4-3-12(15(17)16(18)19)9-14(13)25-11-23-8-6-21-2/h3-4,9,15,17H,5-8,10-11H2,1-2H3,(H,18,19). The molecule has 2 N–H and O–H groups in total. The molecule has 9 nitrogen and oxygen atoms in total. The number of aliphatic carboxylic acids is 1. The van der Waals surface area contributed by atoms with E-state index in [1.807, 2.05) is 0 Å². The summed E-state index contributed by atoms with van der Waals surface area (Å²) in [7, 11) is 3.11. The molecule has 1 rings (SSSR count). The van der Waals surface area contributed by atoms with Crippen molar-refractivity contribution in [2.75, 3.05) is 54.2 Å². The molecular weight excluding hydrogens is 336 g/mol. The van der Waals surface area contributed by atoms with Gasteiger partial charge in [-0.2, -0.15) is 0 Å². The highest BCUT2D eigenvalue weighted by Crippen LogP contribution is 2.31. The smallest absolute Gasteiger partial charge is 0.337 e. The topological polar surface area (TPSA) is 113 Å². The minimum absolute atomic E-state index is 0.0366. The van der Waals surface area contributed by atoms with E-state index in [-0.39, 0.29) is 24.9 Å². The lowest BCUT2D eigenvalue weighted by atomic mass is 10.1. The molecule has 0 bridgehead atoms. The third-order valence-corrected chi connectivity index (χ3v) is 2.98. The van der Waals surface area contributed by atoms with Crippen molar-refractivity contribution >= 4 is 5.97 Å². The van der Waals surface area contributed by atoms with Gasteiger partial charge in [-0.1, -0.05) is 6.07 Å². The largest absolute Gasteiger partial charge is 0.479 e. The summed E-state index contributed by atoms with van der Waals surface area (Å²) in [5, 5.41) is 18.5. The van der Waals surface area contributed by atoms with Crippen molar-refractivity contribution in [2.45, 2.75) is 6.10 Å². The Hall–Kier alpha value is -1.91. The monoisotopic (exact) mass is 360 g/mol. The first-order valence-corrected chi connectivity index (χ1v) is 7.54. The summed E-state index contributed by atoms with van der Waals surface area (Å²) >= 11 is 0. The summed E-state index contributed by atoms with van der Waals surface area (Å²) in [5.41, 5.74) is 0.159. The predicted octanol–water partition coefficient (Wildman–Crippen LogP) is 0.803. The second-order valence-electron chi connectivity index (χ2n) is 4.77. The molecule has 25 heavy (non-hydrogen) atoms. The fourth-order valence-corrected chi connectivity index (χ4v) is 1.68. The third kappa shape index (κ3) is 8.14. The zero-order valence-corrected chi connectivity index (χ0v) is 14.3. The molecule has 0 aliphatic carbocycles. The molecule has 0 aliphatic rings. The highest BCUT2D eigenvalue weighted by atomic mass is 16.7. The lowest BCUT2D eigenvalue weighted by Crippen LogP contribution is -2.13. The fraction of sp³-hybridized carbons (Fsp3) is 0.562. The van der Waals surface area contributed by atoms with Gasteiger partial charge in [-0.15, -0.1) is 0 Å². The highest BCUT2D eigenvalue weighted by molar-refractivity contribution is 5.74. The number of carbonyl (C=O) groups is 1. The van der Waals surface area contributed by atoms with Crippen molar-refractivity contribution in [3.63, 3.8) is 0 Å². The van der Waals surface area contributed by atoms with Crippen LogP contribution in [0.1, 0.15) is 11.7 Å². The molecule has 0 radical (unpaired) electrons. The quantitative estimate of drug-likeness (QED) is 0.367. The van der Waals surface area contributed by atoms with Crippen LogP contribution >= 0.6 is 0 Å². The Morgan fingerprint density at radius 3 is 2.04 bits per heavy atom. The molecule has 0 spiro atoms. The Kier molecular flexibility index (Phi) is 10.5. The van der Waals surface area contributed by atoms with Crippen LogP contribution in [0.15, 0.2) is 18.2 Å². The molecule has 0 saturated carbocycles. The molecule has 0 saturated heterocycles. The van der Waals surface area contributed by atoms with Gasteiger partial charge in [0, 0.05) is 14.2 Å². The van der Waals surface area contributed by atoms with Gasteiger partial charge in [0.2, 0.25) is 0 Å². The third-order valence-electron chi connectivity index (χ3n) is 2.98. The van der Waals surface area contributed by atoms with Crippen molar-refractivity contribution in [1.29, 1.82) is 0 Å². The van der Waals surface area contributed by atoms with Crippen molar-refractivity contribution in [3.8, 4) is 11.5 Å². The van der Waals surface area contributed by atoms with Gasteiger partial charge in [0.1, 0.15) is 0 Å². The van der Waals surface area contributed by atoms with Gasteiger partial charge in [0.15, 0.2) is 31.2 Å². The molecule has 0 aromatic heterocycles. The first-order valence-electron chi connectivity index (χ1n) is 7.54. The fourth-order valence-electron chi connectivity index (χ4n) is 1.68. The second-order valence-corrected chi connectivity index (χ2v) is 4.77. The Morgan fingerprint density at radius 2 is 1.52 bits per heavy atom. The van der Waals surface area contributed by atoms with E-state index in [0.29, 0.717) is 32.2 Å². The Balaban J connectivity index is 2.69. The molecule has 0 fully saturated rings. The molecule has 0 amide bonds. The maximum absolute atomic E-state index is 10.9. The molecule has 0 heterocycles. The Morgan fingerprint density at radius 1 is 0.960 bits per heavy atom. The minimum Gasteiger partial charge on any atom is -0.479 e. The van der Waals surface area contributed by atoms with Crippen molar-refractivity contribution in [2.24, 2.45) is 0 Å². The summed E-state index contributed by atoms with van der Waals surface area (Å²) in [6, 6.07) is 4.30. The van der Waals surface area contributed by atoms with Gasteiger partial charge < -0.3 is 38.6 Å². The van der Waals surface area contributed by atoms with Crippen molar-refractivity contribution in [3.05, 3.63) is 23.8 Å². The molecule has 142 valence electrons. The van der Waals surface area contributed by atoms with Crippen LogP contribution in [0.4, 0.5) is 0 Å². The van der Waals surface area contributed by atoms with E-state index in [1.54, 1.807) is 14.2 Å². The SMILES string of the molecule is COCCOCOc1ccc(C(O)C(=O)O)cc1OCOCCOC. The maximum Gasteiger partial charge on any atom is 0.337 e. The van der Waals surface area contributed by atoms with Gasteiger partial charge in [-0.3, -0.25) is 0 Å². The lowest BCUT2D eigenvalue weighted by Gasteiger charge is -2.15. The van der Waals surface area contributed by atoms with Gasteiger partial charge in [0.25, 0.3) is 0 Å². The number of hydrogen-bond acceptors (Lipinski definition) is 8. The average Bonchev–Trinajstić information content (AvgIpc) is 2.61. The van der Waals surface area contributed by atoms with E-state index in [0.717, 1.165) is 0 Å². The number of rotatable bonds is 14. The molecule has 1 atom stereocenters. The average molecular weight is 360 g/mol. The second kappa shape index (κ2) is 12.5. The van der Waals surface area contributed by atoms with Crippen LogP contribution in [0.5, 0.6) is 11.5 Å². The van der Waals surface area contributed by atoms with Gasteiger partial charge >= 0.3 is 5.97 Å². The molecule has 1 unspecified atom stereocenters. The summed E-state index contributed by atoms with van der Waals surface area (Å²) < 4.78 is 31.0. The Bertz CT molecular complexity index is 506. The summed E-state index contributed by atoms with van der Waals surface area (Å²) in [5.74, 6) is -0.807. The van der Waals surface area contributed by atoms with E-state index >= 15 is 0 Å². The number of aliphatic hydroxyl groups is 1. The zero-order chi connectivity index (χ0) is 18.5. The first-order chi connectivity index (χ1) is 12.1. The molecule has 0 aliphatic heterocycles. The van der Waals surface area contributed by atoms with Gasteiger partial charge in [0.05, 0.1) is 26.4 Å². The number of hydrogen-bond donors (Lipinski definition) is 2. The Labute approximate surface area is 146 Å². The van der Waals surface area contributed by atoms with E-state index in [1.165, 1.54) is 18.2 Å². The van der Waals surface area contributed by atoms with Crippen LogP contribution in [0, 0.1) is 0 Å². The zero-order valence-electron chi connectivity index (χ0n) is 14.3. The minimum atomic E-state index is -1.66. The normalized spacial score (nSPS) is 12.0. The van der Waals surface area contributed by atoms with Crippen LogP contribution in [0.2, 0.25) is 0 Å². The van der Waals surface area contributed by atoms with Gasteiger partial charge in [-0.05, 0) is 17.7 Å². The van der Waals surface area contributed by atoms with Crippen LogP contribution in [-0.2, 0) is 23.7 Å². The summed E-state index contributed by atoms with van der Waals surface area (Å²) in [6.45, 7) is 1.43. The van der Waals surface area contributed by atoms with Gasteiger partial charge in [-0.25, -0.2) is 4.79 Å². The number of carboxylic acids is 1. The molecule has 9 heteroatoms. The summed E-state index contributed by atoms with van der Waals surface area (Å²) in [4.78, 5) is 10.9. The van der Waals surface area contributed by atoms with E-state index in [4.69, 9.17) is 33.5 Å². The number of methoxy groups -OCH3 is 2. The van der Waals surface area contributed by atoms with E-state index < -0.39 is 12.1 Å². The number of benzene rings is 1. The number of ether oxygens (including phenoxy) is 6. The van der Waals surface area contributed by atoms with Crippen LogP contribution in [-0.4, -0.2) is 70.4 Å².